The predicted molar refractivity (Wildman–Crippen MR) is 82.4 cm³/mol. The fraction of sp³-hybridized carbons (Fsp3) is 0.500. The van der Waals surface area contributed by atoms with E-state index in [1.54, 1.807) is 0 Å². The van der Waals surface area contributed by atoms with Crippen molar-refractivity contribution >= 4 is 30.0 Å². The van der Waals surface area contributed by atoms with Crippen LogP contribution in [-0.2, 0) is 0 Å². The minimum atomic E-state index is -1.79. The number of ketones is 1. The highest BCUT2D eigenvalue weighted by molar-refractivity contribution is 9.09. The van der Waals surface area contributed by atoms with E-state index in [1.165, 1.54) is 0 Å². The molecule has 100 valence electrons. The first kappa shape index (κ1) is 15.4. The van der Waals surface area contributed by atoms with Gasteiger partial charge >= 0.3 is 0 Å². The van der Waals surface area contributed by atoms with Gasteiger partial charge in [0.15, 0.2) is 5.78 Å². The number of hydrogen-bond donors (Lipinski definition) is 0. The molecule has 0 aliphatic carbocycles. The van der Waals surface area contributed by atoms with E-state index in [9.17, 15) is 4.79 Å². The van der Waals surface area contributed by atoms with Crippen molar-refractivity contribution in [2.75, 3.05) is 5.33 Å². The average Bonchev–Trinajstić information content (AvgIpc) is 2.27. The quantitative estimate of drug-likeness (QED) is 0.457. The molecule has 1 aromatic carbocycles. The molecule has 0 radical (unpaired) electrons. The lowest BCUT2D eigenvalue weighted by Gasteiger charge is -2.36. The molecule has 0 fully saturated rings. The van der Waals surface area contributed by atoms with Crippen LogP contribution in [0.5, 0.6) is 5.75 Å². The molecule has 0 bridgehead atoms. The molecule has 0 aliphatic rings. The Morgan fingerprint density at radius 1 is 1.22 bits per heavy atom. The van der Waals surface area contributed by atoms with Crippen LogP contribution in [0, 0.1) is 0 Å². The number of benzene rings is 1. The Hall–Kier alpha value is -0.613. The monoisotopic (exact) mass is 328 g/mol. The fourth-order valence-corrected chi connectivity index (χ4v) is 2.59. The van der Waals surface area contributed by atoms with Gasteiger partial charge in [-0.25, -0.2) is 0 Å². The lowest BCUT2D eigenvalue weighted by Crippen LogP contribution is -2.43. The van der Waals surface area contributed by atoms with Crippen LogP contribution in [0.25, 0.3) is 0 Å². The van der Waals surface area contributed by atoms with E-state index >= 15 is 0 Å². The Kier molecular flexibility index (Phi) is 4.78. The van der Waals surface area contributed by atoms with E-state index < -0.39 is 8.32 Å². The van der Waals surface area contributed by atoms with E-state index in [2.05, 4.69) is 49.8 Å². The maximum atomic E-state index is 11.5. The zero-order chi connectivity index (χ0) is 14.0. The van der Waals surface area contributed by atoms with Gasteiger partial charge in [0, 0.05) is 5.56 Å². The van der Waals surface area contributed by atoms with Crippen LogP contribution in [-0.4, -0.2) is 19.4 Å². The van der Waals surface area contributed by atoms with Crippen LogP contribution in [0.2, 0.25) is 18.1 Å². The van der Waals surface area contributed by atoms with Crippen LogP contribution >= 0.6 is 15.9 Å². The number of rotatable bonds is 4. The van der Waals surface area contributed by atoms with Crippen LogP contribution in [0.1, 0.15) is 31.1 Å². The van der Waals surface area contributed by atoms with Gasteiger partial charge in [-0.1, -0.05) is 36.7 Å². The minimum absolute atomic E-state index is 0.0916. The van der Waals surface area contributed by atoms with Gasteiger partial charge in [0.05, 0.1) is 5.33 Å². The van der Waals surface area contributed by atoms with Crippen molar-refractivity contribution in [3.63, 3.8) is 0 Å². The summed E-state index contributed by atoms with van der Waals surface area (Å²) >= 11 is 3.17. The molecule has 0 aromatic heterocycles. The van der Waals surface area contributed by atoms with Gasteiger partial charge in [0.2, 0.25) is 8.32 Å². The van der Waals surface area contributed by atoms with Crippen molar-refractivity contribution in [2.45, 2.75) is 38.9 Å². The third-order valence-corrected chi connectivity index (χ3v) is 8.34. The van der Waals surface area contributed by atoms with Crippen LogP contribution in [0.3, 0.4) is 0 Å². The molecule has 0 saturated heterocycles. The molecule has 4 heteroatoms. The summed E-state index contributed by atoms with van der Waals surface area (Å²) in [6, 6.07) is 7.42. The van der Waals surface area contributed by atoms with Crippen LogP contribution in [0.4, 0.5) is 0 Å². The van der Waals surface area contributed by atoms with Crippen LogP contribution in [0.15, 0.2) is 24.3 Å². The number of alkyl halides is 1. The zero-order valence-corrected chi connectivity index (χ0v) is 14.3. The van der Waals surface area contributed by atoms with Crippen molar-refractivity contribution in [2.24, 2.45) is 0 Å². The number of carbonyl (C=O) groups excluding carboxylic acids is 1. The summed E-state index contributed by atoms with van der Waals surface area (Å²) in [5.41, 5.74) is 0.717. The average molecular weight is 329 g/mol. The summed E-state index contributed by atoms with van der Waals surface area (Å²) in [5, 5.41) is 0.535. The lowest BCUT2D eigenvalue weighted by molar-refractivity contribution is 0.102. The predicted octanol–water partition coefficient (Wildman–Crippen LogP) is 4.65. The second-order valence-corrected chi connectivity index (χ2v) is 11.2. The van der Waals surface area contributed by atoms with E-state index in [4.69, 9.17) is 4.43 Å². The Morgan fingerprint density at radius 2 is 1.72 bits per heavy atom. The first-order chi connectivity index (χ1) is 8.17. The standard InChI is InChI=1S/C14H21BrO2Si/c1-14(2,3)18(4,5)17-12-8-6-11(7-9-12)13(16)10-15/h6-9H,10H2,1-5H3. The minimum Gasteiger partial charge on any atom is -0.544 e. The van der Waals surface area contributed by atoms with Gasteiger partial charge in [-0.05, 0) is 42.4 Å². The largest absolute Gasteiger partial charge is 0.544 e. The molecule has 0 unspecified atom stereocenters. The smallest absolute Gasteiger partial charge is 0.250 e. The molecular weight excluding hydrogens is 308 g/mol. The van der Waals surface area contributed by atoms with Gasteiger partial charge in [0.1, 0.15) is 5.75 Å². The molecule has 1 rings (SSSR count). The molecule has 0 spiro atoms. The van der Waals surface area contributed by atoms with Gasteiger partial charge in [-0.2, -0.15) is 0 Å². The number of halogens is 1. The summed E-state index contributed by atoms with van der Waals surface area (Å²) in [4.78, 5) is 11.5. The number of carbonyl (C=O) groups is 1. The molecule has 0 heterocycles. The molecule has 0 N–H and O–H groups in total. The molecule has 0 aliphatic heterocycles. The highest BCUT2D eigenvalue weighted by atomic mass is 79.9. The summed E-state index contributed by atoms with van der Waals surface area (Å²) < 4.78 is 6.15. The van der Waals surface area contributed by atoms with Crippen molar-refractivity contribution in [3.05, 3.63) is 29.8 Å². The highest BCUT2D eigenvalue weighted by Gasteiger charge is 2.38. The summed E-state index contributed by atoms with van der Waals surface area (Å²) in [6.07, 6.45) is 0. The summed E-state index contributed by atoms with van der Waals surface area (Å²) in [5.74, 6) is 0.946. The normalized spacial score (nSPS) is 12.3. The summed E-state index contributed by atoms with van der Waals surface area (Å²) in [6.45, 7) is 11.1. The molecule has 0 atom stereocenters. The lowest BCUT2D eigenvalue weighted by atomic mass is 10.1. The second-order valence-electron chi connectivity index (χ2n) is 5.94. The van der Waals surface area contributed by atoms with Gasteiger partial charge in [-0.15, -0.1) is 0 Å². The van der Waals surface area contributed by atoms with E-state index in [-0.39, 0.29) is 10.8 Å². The molecule has 2 nitrogen and oxygen atoms in total. The maximum absolute atomic E-state index is 11.5. The topological polar surface area (TPSA) is 26.3 Å². The highest BCUT2D eigenvalue weighted by Crippen LogP contribution is 2.37. The van der Waals surface area contributed by atoms with Crippen molar-refractivity contribution in [1.82, 2.24) is 0 Å². The van der Waals surface area contributed by atoms with E-state index in [0.717, 1.165) is 11.3 Å². The Balaban J connectivity index is 2.85. The van der Waals surface area contributed by atoms with E-state index in [1.807, 2.05) is 24.3 Å². The third kappa shape index (κ3) is 3.69. The molecule has 1 aromatic rings. The molecule has 0 amide bonds. The maximum Gasteiger partial charge on any atom is 0.250 e. The van der Waals surface area contributed by atoms with Crippen LogP contribution < -0.4 is 4.43 Å². The second kappa shape index (κ2) is 5.57. The van der Waals surface area contributed by atoms with Crippen molar-refractivity contribution < 1.29 is 9.22 Å². The van der Waals surface area contributed by atoms with Gasteiger partial charge in [-0.3, -0.25) is 4.79 Å². The Labute approximate surface area is 119 Å². The SMILES string of the molecule is CC(C)(C)[Si](C)(C)Oc1ccc(C(=O)CBr)cc1. The van der Waals surface area contributed by atoms with E-state index in [0.29, 0.717) is 5.33 Å². The number of Topliss-reactive ketones (excluding diaryl/α,β-unsaturated/α-hetero) is 1. The Bertz CT molecular complexity index is 418. The molecule has 0 saturated carbocycles. The summed E-state index contributed by atoms with van der Waals surface area (Å²) in [7, 11) is -1.79. The third-order valence-electron chi connectivity index (χ3n) is 3.48. The fourth-order valence-electron chi connectivity index (χ4n) is 1.23. The van der Waals surface area contributed by atoms with Crippen molar-refractivity contribution in [3.8, 4) is 5.75 Å². The van der Waals surface area contributed by atoms with Gasteiger partial charge in [0.25, 0.3) is 0 Å². The van der Waals surface area contributed by atoms with Crippen molar-refractivity contribution in [1.29, 1.82) is 0 Å². The first-order valence-corrected chi connectivity index (χ1v) is 10.1. The Morgan fingerprint density at radius 3 is 2.11 bits per heavy atom. The molecular formula is C14H21BrO2Si. The van der Waals surface area contributed by atoms with Gasteiger partial charge < -0.3 is 4.43 Å². The molecule has 18 heavy (non-hydrogen) atoms. The number of hydrogen-bond acceptors (Lipinski definition) is 2. The zero-order valence-electron chi connectivity index (χ0n) is 11.7. The first-order valence-electron chi connectivity index (χ1n) is 6.05.